The van der Waals surface area contributed by atoms with Gasteiger partial charge < -0.3 is 15.6 Å². The first-order valence-electron chi connectivity index (χ1n) is 4.41. The zero-order chi connectivity index (χ0) is 11.1. The number of hydrogen-bond donors (Lipinski definition) is 3. The molecule has 1 aliphatic rings. The van der Waals surface area contributed by atoms with Crippen LogP contribution in [0.5, 0.6) is 0 Å². The lowest BCUT2D eigenvalue weighted by molar-refractivity contribution is -0.124. The standard InChI is InChI=1S/C8H11N5O2.ClH/c1-13-3-2-10-5(13)8(4-9)6(14)11-7(15)12-8;/h2-3H,4,9H2,1H3,(H2,11,12,14,15);1H. The molecule has 88 valence electrons. The van der Waals surface area contributed by atoms with Crippen molar-refractivity contribution in [2.75, 3.05) is 6.54 Å². The van der Waals surface area contributed by atoms with Crippen molar-refractivity contribution in [2.24, 2.45) is 12.8 Å². The number of carbonyl (C=O) groups excluding carboxylic acids is 2. The molecule has 0 radical (unpaired) electrons. The van der Waals surface area contributed by atoms with E-state index in [4.69, 9.17) is 5.73 Å². The summed E-state index contributed by atoms with van der Waals surface area (Å²) in [4.78, 5) is 26.8. The van der Waals surface area contributed by atoms with Crippen LogP contribution in [-0.2, 0) is 17.4 Å². The number of rotatable bonds is 2. The van der Waals surface area contributed by atoms with Crippen molar-refractivity contribution in [3.63, 3.8) is 0 Å². The topological polar surface area (TPSA) is 102 Å². The van der Waals surface area contributed by atoms with Gasteiger partial charge in [0.1, 0.15) is 5.82 Å². The minimum absolute atomic E-state index is 0. The van der Waals surface area contributed by atoms with E-state index < -0.39 is 17.5 Å². The van der Waals surface area contributed by atoms with Crippen LogP contribution in [-0.4, -0.2) is 28.0 Å². The average Bonchev–Trinajstić information content (AvgIpc) is 2.71. The highest BCUT2D eigenvalue weighted by atomic mass is 35.5. The van der Waals surface area contributed by atoms with Crippen LogP contribution in [0.3, 0.4) is 0 Å². The van der Waals surface area contributed by atoms with E-state index in [-0.39, 0.29) is 19.0 Å². The smallest absolute Gasteiger partial charge is 0.322 e. The molecule has 16 heavy (non-hydrogen) atoms. The van der Waals surface area contributed by atoms with Crippen LogP contribution in [0.15, 0.2) is 12.4 Å². The Morgan fingerprint density at radius 2 is 2.25 bits per heavy atom. The number of carbonyl (C=O) groups is 2. The van der Waals surface area contributed by atoms with Crippen molar-refractivity contribution in [1.29, 1.82) is 0 Å². The monoisotopic (exact) mass is 245 g/mol. The van der Waals surface area contributed by atoms with Crippen LogP contribution in [0.4, 0.5) is 4.79 Å². The van der Waals surface area contributed by atoms with Gasteiger partial charge in [-0.15, -0.1) is 12.4 Å². The Labute approximate surface area is 97.8 Å². The minimum Gasteiger partial charge on any atom is -0.336 e. The SMILES string of the molecule is Cl.Cn1ccnc1C1(CN)NC(=O)NC1=O. The maximum absolute atomic E-state index is 11.7. The molecular weight excluding hydrogens is 234 g/mol. The Balaban J connectivity index is 0.00000128. The highest BCUT2D eigenvalue weighted by Crippen LogP contribution is 2.21. The number of hydrogen-bond acceptors (Lipinski definition) is 4. The van der Waals surface area contributed by atoms with E-state index in [9.17, 15) is 9.59 Å². The fourth-order valence-electron chi connectivity index (χ4n) is 1.66. The van der Waals surface area contributed by atoms with Crippen molar-refractivity contribution < 1.29 is 9.59 Å². The number of urea groups is 1. The summed E-state index contributed by atoms with van der Waals surface area (Å²) in [5.41, 5.74) is 4.31. The van der Waals surface area contributed by atoms with E-state index in [1.807, 2.05) is 0 Å². The van der Waals surface area contributed by atoms with Gasteiger partial charge in [-0.2, -0.15) is 0 Å². The largest absolute Gasteiger partial charge is 0.336 e. The highest BCUT2D eigenvalue weighted by Gasteiger charge is 2.49. The van der Waals surface area contributed by atoms with Gasteiger partial charge in [0.15, 0.2) is 5.54 Å². The molecular formula is C8H12ClN5O2. The second-order valence-corrected chi connectivity index (χ2v) is 3.38. The van der Waals surface area contributed by atoms with E-state index in [2.05, 4.69) is 15.6 Å². The van der Waals surface area contributed by atoms with Crippen LogP contribution in [0.25, 0.3) is 0 Å². The molecule has 1 saturated heterocycles. The van der Waals surface area contributed by atoms with Crippen molar-refractivity contribution >= 4 is 24.3 Å². The van der Waals surface area contributed by atoms with Gasteiger partial charge in [-0.25, -0.2) is 9.78 Å². The van der Waals surface area contributed by atoms with Gasteiger partial charge in [-0.05, 0) is 0 Å². The third-order valence-electron chi connectivity index (χ3n) is 2.45. The number of imidazole rings is 1. The molecule has 2 heterocycles. The van der Waals surface area contributed by atoms with Gasteiger partial charge in [0.05, 0.1) is 0 Å². The van der Waals surface area contributed by atoms with E-state index in [0.29, 0.717) is 5.82 Å². The first-order valence-corrected chi connectivity index (χ1v) is 4.41. The molecule has 4 N–H and O–H groups in total. The molecule has 0 saturated carbocycles. The lowest BCUT2D eigenvalue weighted by Gasteiger charge is -2.23. The quantitative estimate of drug-likeness (QED) is 0.572. The molecule has 1 fully saturated rings. The molecule has 1 unspecified atom stereocenters. The van der Waals surface area contributed by atoms with Gasteiger partial charge in [0, 0.05) is 26.0 Å². The lowest BCUT2D eigenvalue weighted by Crippen LogP contribution is -2.51. The third kappa shape index (κ3) is 1.54. The van der Waals surface area contributed by atoms with E-state index in [1.165, 1.54) is 0 Å². The van der Waals surface area contributed by atoms with E-state index in [0.717, 1.165) is 0 Å². The molecule has 0 bridgehead atoms. The number of nitrogens with one attached hydrogen (secondary N) is 2. The van der Waals surface area contributed by atoms with E-state index >= 15 is 0 Å². The Hall–Kier alpha value is -1.60. The fraction of sp³-hybridized carbons (Fsp3) is 0.375. The van der Waals surface area contributed by atoms with Crippen molar-refractivity contribution in [1.82, 2.24) is 20.2 Å². The second-order valence-electron chi connectivity index (χ2n) is 3.38. The molecule has 1 atom stereocenters. The Morgan fingerprint density at radius 3 is 2.62 bits per heavy atom. The summed E-state index contributed by atoms with van der Waals surface area (Å²) < 4.78 is 1.65. The number of nitrogens with zero attached hydrogens (tertiary/aromatic N) is 2. The Bertz CT molecular complexity index is 432. The number of amides is 3. The highest BCUT2D eigenvalue weighted by molar-refractivity contribution is 6.07. The van der Waals surface area contributed by atoms with Crippen molar-refractivity contribution in [3.05, 3.63) is 18.2 Å². The second kappa shape index (κ2) is 4.11. The number of halogens is 1. The first kappa shape index (κ1) is 12.5. The van der Waals surface area contributed by atoms with Crippen LogP contribution < -0.4 is 16.4 Å². The predicted molar refractivity (Wildman–Crippen MR) is 57.9 cm³/mol. The number of imide groups is 1. The lowest BCUT2D eigenvalue weighted by atomic mass is 9.99. The molecule has 0 spiro atoms. The zero-order valence-electron chi connectivity index (χ0n) is 8.56. The summed E-state index contributed by atoms with van der Waals surface area (Å²) in [6.07, 6.45) is 3.23. The van der Waals surface area contributed by atoms with Gasteiger partial charge in [0.25, 0.3) is 5.91 Å². The van der Waals surface area contributed by atoms with E-state index in [1.54, 1.807) is 24.0 Å². The van der Waals surface area contributed by atoms with Crippen LogP contribution in [0.1, 0.15) is 5.82 Å². The summed E-state index contributed by atoms with van der Waals surface area (Å²) >= 11 is 0. The molecule has 7 nitrogen and oxygen atoms in total. The summed E-state index contributed by atoms with van der Waals surface area (Å²) in [5, 5.41) is 4.65. The molecule has 2 rings (SSSR count). The van der Waals surface area contributed by atoms with Crippen LogP contribution in [0, 0.1) is 0 Å². The minimum atomic E-state index is -1.24. The predicted octanol–water partition coefficient (Wildman–Crippen LogP) is -1.16. The molecule has 3 amide bonds. The molecule has 8 heteroatoms. The normalized spacial score (nSPS) is 23.6. The molecule has 0 aliphatic carbocycles. The summed E-state index contributed by atoms with van der Waals surface area (Å²) in [7, 11) is 1.73. The summed E-state index contributed by atoms with van der Waals surface area (Å²) in [5.74, 6) is -0.0438. The van der Waals surface area contributed by atoms with Gasteiger partial charge >= 0.3 is 6.03 Å². The first-order chi connectivity index (χ1) is 7.10. The fourth-order valence-corrected chi connectivity index (χ4v) is 1.66. The van der Waals surface area contributed by atoms with Crippen molar-refractivity contribution in [3.8, 4) is 0 Å². The van der Waals surface area contributed by atoms with Crippen LogP contribution >= 0.6 is 12.4 Å². The van der Waals surface area contributed by atoms with Gasteiger partial charge in [0.2, 0.25) is 0 Å². The molecule has 1 aromatic heterocycles. The summed E-state index contributed by atoms with van der Waals surface area (Å²) in [6.45, 7) is -0.0323. The number of aromatic nitrogens is 2. The van der Waals surface area contributed by atoms with Crippen LogP contribution in [0.2, 0.25) is 0 Å². The Morgan fingerprint density at radius 1 is 1.56 bits per heavy atom. The molecule has 0 aromatic carbocycles. The molecule has 1 aromatic rings. The van der Waals surface area contributed by atoms with Crippen molar-refractivity contribution in [2.45, 2.75) is 5.54 Å². The maximum Gasteiger partial charge on any atom is 0.322 e. The zero-order valence-corrected chi connectivity index (χ0v) is 9.37. The maximum atomic E-state index is 11.7. The van der Waals surface area contributed by atoms with Gasteiger partial charge in [-0.1, -0.05) is 0 Å². The average molecular weight is 246 g/mol. The third-order valence-corrected chi connectivity index (χ3v) is 2.45. The number of aryl methyl sites for hydroxylation is 1. The molecule has 1 aliphatic heterocycles. The summed E-state index contributed by atoms with van der Waals surface area (Å²) in [6, 6.07) is -0.548. The van der Waals surface area contributed by atoms with Gasteiger partial charge in [-0.3, -0.25) is 10.1 Å². The Kier molecular flexibility index (Phi) is 3.20. The number of nitrogens with two attached hydrogens (primary N) is 1.